The first-order valence-corrected chi connectivity index (χ1v) is 10.9. The third-order valence-electron chi connectivity index (χ3n) is 5.75. The van der Waals surface area contributed by atoms with Gasteiger partial charge >= 0.3 is 0 Å². The van der Waals surface area contributed by atoms with E-state index < -0.39 is 0 Å². The van der Waals surface area contributed by atoms with Crippen LogP contribution in [0.5, 0.6) is 0 Å². The Hall–Kier alpha value is -3.13. The van der Waals surface area contributed by atoms with Crippen LogP contribution >= 0.6 is 11.6 Å². The van der Waals surface area contributed by atoms with Gasteiger partial charge in [-0.25, -0.2) is 4.98 Å². The molecule has 1 saturated heterocycles. The van der Waals surface area contributed by atoms with Crippen molar-refractivity contribution in [1.29, 1.82) is 0 Å². The van der Waals surface area contributed by atoms with Gasteiger partial charge in [0.15, 0.2) is 0 Å². The zero-order chi connectivity index (χ0) is 22.1. The van der Waals surface area contributed by atoms with Crippen LogP contribution in [0.1, 0.15) is 11.1 Å². The average molecular weight is 451 g/mol. The molecule has 4 aromatic rings. The first-order chi connectivity index (χ1) is 15.6. The van der Waals surface area contributed by atoms with E-state index in [4.69, 9.17) is 16.3 Å². The second kappa shape index (κ2) is 8.78. The summed E-state index contributed by atoms with van der Waals surface area (Å²) >= 11 is 6.13. The van der Waals surface area contributed by atoms with Crippen LogP contribution in [-0.2, 0) is 17.9 Å². The lowest BCUT2D eigenvalue weighted by molar-refractivity contribution is 0.122. The molecule has 0 bridgehead atoms. The smallest absolute Gasteiger partial charge is 0.251 e. The molecule has 0 aliphatic carbocycles. The van der Waals surface area contributed by atoms with Crippen LogP contribution in [0.4, 0.5) is 5.69 Å². The number of aliphatic hydroxyl groups is 1. The molecule has 0 saturated carbocycles. The number of benzene rings is 1. The summed E-state index contributed by atoms with van der Waals surface area (Å²) in [5.74, 6) is 0. The quantitative estimate of drug-likeness (QED) is 0.486. The van der Waals surface area contributed by atoms with Crippen molar-refractivity contribution in [1.82, 2.24) is 14.5 Å². The van der Waals surface area contributed by atoms with E-state index >= 15 is 0 Å². The molecule has 7 nitrogen and oxygen atoms in total. The minimum absolute atomic E-state index is 0.0948. The van der Waals surface area contributed by atoms with Crippen LogP contribution in [0.15, 0.2) is 59.8 Å². The Balaban J connectivity index is 1.46. The van der Waals surface area contributed by atoms with Crippen molar-refractivity contribution >= 4 is 28.3 Å². The Bertz CT molecular complexity index is 1320. The highest BCUT2D eigenvalue weighted by Gasteiger charge is 2.15. The number of morpholine rings is 1. The largest absolute Gasteiger partial charge is 0.392 e. The molecule has 0 atom stereocenters. The lowest BCUT2D eigenvalue weighted by Crippen LogP contribution is -2.36. The molecule has 1 aliphatic heterocycles. The monoisotopic (exact) mass is 450 g/mol. The van der Waals surface area contributed by atoms with Crippen LogP contribution < -0.4 is 10.5 Å². The number of aromatic nitrogens is 3. The number of aliphatic hydroxyl groups excluding tert-OH is 1. The SMILES string of the molecule is O=c1cc(-c2c[nH]c3ncc(N4CCOCC4)cc23)ccn1Cc1cc(Cl)cc(CO)c1. The topological polar surface area (TPSA) is 83.4 Å². The van der Waals surface area contributed by atoms with E-state index in [9.17, 15) is 9.90 Å². The van der Waals surface area contributed by atoms with Gasteiger partial charge < -0.3 is 24.3 Å². The van der Waals surface area contributed by atoms with Crippen molar-refractivity contribution in [2.24, 2.45) is 0 Å². The molecule has 32 heavy (non-hydrogen) atoms. The molecule has 0 amide bonds. The van der Waals surface area contributed by atoms with Crippen LogP contribution in [0.3, 0.4) is 0 Å². The molecule has 164 valence electrons. The van der Waals surface area contributed by atoms with Gasteiger partial charge in [-0.15, -0.1) is 0 Å². The zero-order valence-electron chi connectivity index (χ0n) is 17.4. The van der Waals surface area contributed by atoms with Crippen LogP contribution in [0, 0.1) is 0 Å². The van der Waals surface area contributed by atoms with Crippen molar-refractivity contribution in [3.05, 3.63) is 81.5 Å². The fourth-order valence-electron chi connectivity index (χ4n) is 4.13. The Kier molecular flexibility index (Phi) is 5.70. The number of hydrogen-bond donors (Lipinski definition) is 2. The highest BCUT2D eigenvalue weighted by Crippen LogP contribution is 2.30. The lowest BCUT2D eigenvalue weighted by Gasteiger charge is -2.28. The fraction of sp³-hybridized carbons (Fsp3) is 0.250. The standard InChI is InChI=1S/C24H23ClN4O3/c25-19-8-16(7-17(9-19)15-30)14-29-2-1-18(10-23(29)31)22-13-27-24-21(22)11-20(12-26-24)28-3-5-32-6-4-28/h1-2,7-13,30H,3-6,14-15H2,(H,26,27). The van der Waals surface area contributed by atoms with E-state index in [1.807, 2.05) is 24.5 Å². The van der Waals surface area contributed by atoms with Crippen LogP contribution in [0.2, 0.25) is 5.02 Å². The molecule has 8 heteroatoms. The van der Waals surface area contributed by atoms with Gasteiger partial charge in [-0.2, -0.15) is 0 Å². The van der Waals surface area contributed by atoms with E-state index in [1.165, 1.54) is 0 Å². The van der Waals surface area contributed by atoms with E-state index in [0.717, 1.165) is 52.1 Å². The number of fused-ring (bicyclic) bond motifs is 1. The molecule has 1 aliphatic rings. The Morgan fingerprint density at radius 1 is 1.12 bits per heavy atom. The van der Waals surface area contributed by atoms with Gasteiger partial charge in [0.25, 0.3) is 5.56 Å². The van der Waals surface area contributed by atoms with Crippen LogP contribution in [-0.4, -0.2) is 45.9 Å². The third-order valence-corrected chi connectivity index (χ3v) is 5.97. The highest BCUT2D eigenvalue weighted by molar-refractivity contribution is 6.30. The van der Waals surface area contributed by atoms with Crippen molar-refractivity contribution in [3.8, 4) is 11.1 Å². The molecule has 2 N–H and O–H groups in total. The number of hydrogen-bond acceptors (Lipinski definition) is 5. The second-order valence-electron chi connectivity index (χ2n) is 7.90. The lowest BCUT2D eigenvalue weighted by atomic mass is 10.1. The first-order valence-electron chi connectivity index (χ1n) is 10.5. The van der Waals surface area contributed by atoms with Gasteiger partial charge in [-0.1, -0.05) is 17.7 Å². The maximum Gasteiger partial charge on any atom is 0.251 e. The molecule has 1 aromatic carbocycles. The Labute approximate surface area is 189 Å². The minimum atomic E-state index is -0.111. The van der Waals surface area contributed by atoms with Gasteiger partial charge in [0.2, 0.25) is 0 Å². The van der Waals surface area contributed by atoms with E-state index in [1.54, 1.807) is 29.0 Å². The Morgan fingerprint density at radius 2 is 1.94 bits per heavy atom. The summed E-state index contributed by atoms with van der Waals surface area (Å²) in [6.07, 6.45) is 5.55. The van der Waals surface area contributed by atoms with E-state index in [0.29, 0.717) is 24.8 Å². The summed E-state index contributed by atoms with van der Waals surface area (Å²) in [4.78, 5) is 22.9. The van der Waals surface area contributed by atoms with Gasteiger partial charge in [0.05, 0.1) is 38.2 Å². The predicted molar refractivity (Wildman–Crippen MR) is 125 cm³/mol. The van der Waals surface area contributed by atoms with E-state index in [-0.39, 0.29) is 12.2 Å². The molecule has 0 unspecified atom stereocenters. The van der Waals surface area contributed by atoms with Crippen LogP contribution in [0.25, 0.3) is 22.2 Å². The van der Waals surface area contributed by atoms with Gasteiger partial charge in [-0.3, -0.25) is 4.79 Å². The van der Waals surface area contributed by atoms with Gasteiger partial charge in [0.1, 0.15) is 5.65 Å². The fourth-order valence-corrected chi connectivity index (χ4v) is 4.41. The van der Waals surface area contributed by atoms with Crippen molar-refractivity contribution < 1.29 is 9.84 Å². The molecule has 1 fully saturated rings. The summed E-state index contributed by atoms with van der Waals surface area (Å²) in [6.45, 7) is 3.38. The summed E-state index contributed by atoms with van der Waals surface area (Å²) in [6, 6.07) is 11.1. The molecular weight excluding hydrogens is 428 g/mol. The number of nitrogens with zero attached hydrogens (tertiary/aromatic N) is 3. The summed E-state index contributed by atoms with van der Waals surface area (Å²) in [5.41, 5.74) is 5.09. The number of H-pyrrole nitrogens is 1. The van der Waals surface area contributed by atoms with Crippen molar-refractivity contribution in [2.45, 2.75) is 13.2 Å². The maximum atomic E-state index is 12.9. The maximum absolute atomic E-state index is 12.9. The molecule has 5 rings (SSSR count). The van der Waals surface area contributed by atoms with Gasteiger partial charge in [-0.05, 0) is 41.0 Å². The number of nitrogens with one attached hydrogen (secondary N) is 1. The highest BCUT2D eigenvalue weighted by atomic mass is 35.5. The van der Waals surface area contributed by atoms with Crippen molar-refractivity contribution in [2.75, 3.05) is 31.2 Å². The molecule has 0 spiro atoms. The molecular formula is C24H23ClN4O3. The average Bonchev–Trinajstić information content (AvgIpc) is 3.24. The predicted octanol–water partition coefficient (Wildman–Crippen LogP) is 3.42. The number of halogens is 1. The van der Waals surface area contributed by atoms with Crippen molar-refractivity contribution in [3.63, 3.8) is 0 Å². The summed E-state index contributed by atoms with van der Waals surface area (Å²) in [7, 11) is 0. The summed E-state index contributed by atoms with van der Waals surface area (Å²) < 4.78 is 7.08. The third kappa shape index (κ3) is 4.14. The number of rotatable bonds is 5. The number of ether oxygens (including phenoxy) is 1. The Morgan fingerprint density at radius 3 is 2.72 bits per heavy atom. The number of anilines is 1. The molecule has 0 radical (unpaired) electrons. The first kappa shape index (κ1) is 20.8. The molecule has 4 heterocycles. The summed E-state index contributed by atoms with van der Waals surface area (Å²) in [5, 5.41) is 10.9. The normalized spacial score (nSPS) is 14.2. The number of pyridine rings is 2. The van der Waals surface area contributed by atoms with Gasteiger partial charge in [0, 0.05) is 47.5 Å². The zero-order valence-corrected chi connectivity index (χ0v) is 18.2. The van der Waals surface area contributed by atoms with E-state index in [2.05, 4.69) is 20.9 Å². The minimum Gasteiger partial charge on any atom is -0.392 e. The second-order valence-corrected chi connectivity index (χ2v) is 8.34. The number of aromatic amines is 1. The molecule has 3 aromatic heterocycles.